The van der Waals surface area contributed by atoms with E-state index in [1.807, 2.05) is 0 Å². The highest BCUT2D eigenvalue weighted by molar-refractivity contribution is 6.43. The van der Waals surface area contributed by atoms with Crippen LogP contribution in [-0.4, -0.2) is 11.0 Å². The number of halogens is 4. The van der Waals surface area contributed by atoms with Gasteiger partial charge in [-0.15, -0.1) is 0 Å². The molecule has 8 heteroatoms. The van der Waals surface area contributed by atoms with E-state index in [0.717, 1.165) is 0 Å². The largest absolute Gasteiger partial charge is 0.455 e. The van der Waals surface area contributed by atoms with Crippen molar-refractivity contribution in [3.05, 3.63) is 56.0 Å². The molecule has 0 saturated carbocycles. The van der Waals surface area contributed by atoms with Crippen LogP contribution in [0.5, 0.6) is 11.5 Å². The van der Waals surface area contributed by atoms with Crippen molar-refractivity contribution >= 4 is 52.2 Å². The molecule has 0 aliphatic heterocycles. The second kappa shape index (κ2) is 6.62. The molecule has 0 saturated heterocycles. The van der Waals surface area contributed by atoms with Gasteiger partial charge in [0.25, 0.3) is 0 Å². The van der Waals surface area contributed by atoms with Crippen molar-refractivity contribution < 1.29 is 9.94 Å². The van der Waals surface area contributed by atoms with Crippen LogP contribution in [-0.2, 0) is 0 Å². The number of hydrogen-bond donors (Lipinski definition) is 2. The lowest BCUT2D eigenvalue weighted by Crippen LogP contribution is -2.14. The van der Waals surface area contributed by atoms with Gasteiger partial charge in [0.15, 0.2) is 5.84 Å². The predicted molar refractivity (Wildman–Crippen MR) is 85.5 cm³/mol. The molecule has 0 fully saturated rings. The molecule has 0 amide bonds. The van der Waals surface area contributed by atoms with E-state index >= 15 is 0 Å². The van der Waals surface area contributed by atoms with E-state index in [4.69, 9.17) is 62.1 Å². The lowest BCUT2D eigenvalue weighted by molar-refractivity contribution is 0.318. The molecule has 3 N–H and O–H groups in total. The quantitative estimate of drug-likeness (QED) is 0.258. The lowest BCUT2D eigenvalue weighted by atomic mass is 10.2. The van der Waals surface area contributed by atoms with Crippen molar-refractivity contribution in [2.24, 2.45) is 10.9 Å². The molecule has 2 rings (SSSR count). The Balaban J connectivity index is 2.49. The average Bonchev–Trinajstić information content (AvgIpc) is 2.44. The summed E-state index contributed by atoms with van der Waals surface area (Å²) in [5.41, 5.74) is 5.94. The maximum Gasteiger partial charge on any atom is 0.173 e. The first-order chi connectivity index (χ1) is 9.92. The highest BCUT2D eigenvalue weighted by Crippen LogP contribution is 2.37. The van der Waals surface area contributed by atoms with Gasteiger partial charge in [-0.3, -0.25) is 0 Å². The number of benzene rings is 2. The van der Waals surface area contributed by atoms with Crippen molar-refractivity contribution in [2.45, 2.75) is 0 Å². The third-order valence-electron chi connectivity index (χ3n) is 2.52. The summed E-state index contributed by atoms with van der Waals surface area (Å²) in [6.45, 7) is 0. The van der Waals surface area contributed by atoms with Crippen molar-refractivity contribution in [1.29, 1.82) is 0 Å². The number of nitrogens with two attached hydrogens (primary N) is 1. The van der Waals surface area contributed by atoms with Crippen molar-refractivity contribution in [3.63, 3.8) is 0 Å². The van der Waals surface area contributed by atoms with Crippen LogP contribution >= 0.6 is 46.4 Å². The smallest absolute Gasteiger partial charge is 0.173 e. The van der Waals surface area contributed by atoms with Gasteiger partial charge >= 0.3 is 0 Å². The second-order valence-corrected chi connectivity index (χ2v) is 5.58. The van der Waals surface area contributed by atoms with Crippen LogP contribution in [0.25, 0.3) is 0 Å². The Morgan fingerprint density at radius 3 is 2.29 bits per heavy atom. The fourth-order valence-electron chi connectivity index (χ4n) is 1.55. The zero-order valence-corrected chi connectivity index (χ0v) is 13.3. The SMILES string of the molecule is NC(=NO)c1ccc(Cl)cc1Oc1cc(Cl)c(Cl)cc1Cl. The van der Waals surface area contributed by atoms with Crippen molar-refractivity contribution in [1.82, 2.24) is 0 Å². The molecule has 0 aromatic heterocycles. The molecule has 2 aromatic rings. The summed E-state index contributed by atoms with van der Waals surface area (Å²) in [6.07, 6.45) is 0. The van der Waals surface area contributed by atoms with Crippen LogP contribution < -0.4 is 10.5 Å². The number of nitrogens with zero attached hydrogens (tertiary/aromatic N) is 1. The summed E-state index contributed by atoms with van der Waals surface area (Å²) >= 11 is 23.7. The van der Waals surface area contributed by atoms with E-state index in [1.54, 1.807) is 12.1 Å². The maximum absolute atomic E-state index is 8.79. The van der Waals surface area contributed by atoms with Gasteiger partial charge in [-0.1, -0.05) is 51.6 Å². The van der Waals surface area contributed by atoms with Gasteiger partial charge in [0.05, 0.1) is 20.6 Å². The first-order valence-corrected chi connectivity index (χ1v) is 7.03. The summed E-state index contributed by atoms with van der Waals surface area (Å²) in [5.74, 6) is 0.399. The fourth-order valence-corrected chi connectivity index (χ4v) is 2.28. The van der Waals surface area contributed by atoms with E-state index in [1.165, 1.54) is 18.2 Å². The normalized spacial score (nSPS) is 11.5. The third-order valence-corrected chi connectivity index (χ3v) is 3.77. The Morgan fingerprint density at radius 2 is 1.62 bits per heavy atom. The van der Waals surface area contributed by atoms with Crippen LogP contribution in [0.15, 0.2) is 35.5 Å². The monoisotopic (exact) mass is 364 g/mol. The van der Waals surface area contributed by atoms with Crippen LogP contribution in [0.4, 0.5) is 0 Å². The molecule has 0 radical (unpaired) electrons. The molecule has 0 bridgehead atoms. The zero-order valence-electron chi connectivity index (χ0n) is 10.3. The Kier molecular flexibility index (Phi) is 5.06. The summed E-state index contributed by atoms with van der Waals surface area (Å²) in [5, 5.41) is 13.0. The Bertz CT molecular complexity index is 720. The predicted octanol–water partition coefficient (Wildman–Crippen LogP) is 5.19. The number of hydrogen-bond acceptors (Lipinski definition) is 3. The van der Waals surface area contributed by atoms with Crippen molar-refractivity contribution in [2.75, 3.05) is 0 Å². The topological polar surface area (TPSA) is 67.8 Å². The highest BCUT2D eigenvalue weighted by Gasteiger charge is 2.13. The molecule has 0 unspecified atom stereocenters. The van der Waals surface area contributed by atoms with Crippen molar-refractivity contribution in [3.8, 4) is 11.5 Å². The lowest BCUT2D eigenvalue weighted by Gasteiger charge is -2.12. The maximum atomic E-state index is 8.79. The van der Waals surface area contributed by atoms with Crippen LogP contribution in [0.1, 0.15) is 5.56 Å². The zero-order chi connectivity index (χ0) is 15.6. The first-order valence-electron chi connectivity index (χ1n) is 5.52. The second-order valence-electron chi connectivity index (χ2n) is 3.92. The molecule has 2 aromatic carbocycles. The van der Waals surface area contributed by atoms with Gasteiger partial charge in [0.1, 0.15) is 11.5 Å². The molecular weight excluding hydrogens is 358 g/mol. The molecule has 110 valence electrons. The van der Waals surface area contributed by atoms with Gasteiger partial charge in [0.2, 0.25) is 0 Å². The molecule has 0 aliphatic carbocycles. The Hall–Kier alpha value is -1.33. The fraction of sp³-hybridized carbons (Fsp3) is 0. The third kappa shape index (κ3) is 3.66. The number of rotatable bonds is 3. The minimum absolute atomic E-state index is 0.127. The van der Waals surface area contributed by atoms with Gasteiger partial charge < -0.3 is 15.7 Å². The van der Waals surface area contributed by atoms with E-state index < -0.39 is 0 Å². The summed E-state index contributed by atoms with van der Waals surface area (Å²) in [4.78, 5) is 0. The standard InChI is InChI=1S/C13H8Cl4N2O2/c14-6-1-2-7(13(18)19-20)11(3-6)21-12-5-9(16)8(15)4-10(12)17/h1-5,20H,(H2,18,19). The van der Waals surface area contributed by atoms with E-state index in [9.17, 15) is 0 Å². The van der Waals surface area contributed by atoms with Gasteiger partial charge in [0, 0.05) is 17.2 Å². The molecule has 0 spiro atoms. The van der Waals surface area contributed by atoms with E-state index in [0.29, 0.717) is 15.6 Å². The average molecular weight is 366 g/mol. The van der Waals surface area contributed by atoms with Gasteiger partial charge in [-0.25, -0.2) is 0 Å². The molecule has 4 nitrogen and oxygen atoms in total. The first kappa shape index (κ1) is 16.0. The highest BCUT2D eigenvalue weighted by atomic mass is 35.5. The summed E-state index contributed by atoms with van der Waals surface area (Å²) < 4.78 is 5.65. The Labute approximate surface area is 140 Å². The minimum Gasteiger partial charge on any atom is -0.455 e. The van der Waals surface area contributed by atoms with E-state index in [-0.39, 0.29) is 27.4 Å². The molecule has 0 aliphatic rings. The number of amidine groups is 1. The molecule has 21 heavy (non-hydrogen) atoms. The molecule has 0 atom stereocenters. The van der Waals surface area contributed by atoms with Crippen LogP contribution in [0.2, 0.25) is 20.1 Å². The number of oxime groups is 1. The summed E-state index contributed by atoms with van der Waals surface area (Å²) in [6, 6.07) is 7.56. The minimum atomic E-state index is -0.127. The van der Waals surface area contributed by atoms with E-state index in [2.05, 4.69) is 5.16 Å². The molecular formula is C13H8Cl4N2O2. The number of ether oxygens (including phenoxy) is 1. The van der Waals surface area contributed by atoms with Gasteiger partial charge in [-0.2, -0.15) is 0 Å². The van der Waals surface area contributed by atoms with Gasteiger partial charge in [-0.05, 0) is 18.2 Å². The molecule has 0 heterocycles. The van der Waals surface area contributed by atoms with Crippen LogP contribution in [0.3, 0.4) is 0 Å². The Morgan fingerprint density at radius 1 is 0.952 bits per heavy atom. The van der Waals surface area contributed by atoms with Crippen LogP contribution in [0, 0.1) is 0 Å². The summed E-state index contributed by atoms with van der Waals surface area (Å²) in [7, 11) is 0.